The van der Waals surface area contributed by atoms with Gasteiger partial charge in [-0.3, -0.25) is 19.2 Å². The zero-order chi connectivity index (χ0) is 39.1. The van der Waals surface area contributed by atoms with Crippen LogP contribution in [0.25, 0.3) is 22.0 Å². The van der Waals surface area contributed by atoms with Crippen molar-refractivity contribution in [1.29, 1.82) is 0 Å². The Bertz CT molecular complexity index is 1880. The molecule has 16 heteroatoms. The fraction of sp³-hybridized carbons (Fsp3) is 0.474. The van der Waals surface area contributed by atoms with E-state index in [1.807, 2.05) is 58.0 Å². The molecule has 0 saturated carbocycles. The molecule has 3 aromatic rings. The van der Waals surface area contributed by atoms with E-state index in [1.54, 1.807) is 18.3 Å². The molecule has 4 unspecified atom stereocenters. The van der Waals surface area contributed by atoms with Crippen LogP contribution in [-0.4, -0.2) is 107 Å². The first-order valence-corrected chi connectivity index (χ1v) is 18.1. The summed E-state index contributed by atoms with van der Waals surface area (Å²) in [6.45, 7) is 8.05. The Morgan fingerprint density at radius 2 is 1.19 bits per heavy atom. The maximum atomic E-state index is 13.4. The minimum Gasteiger partial charge on any atom is -0.453 e. The number of benzene rings is 1. The van der Waals surface area contributed by atoms with Gasteiger partial charge in [0, 0.05) is 30.2 Å². The number of hydrogen-bond donors (Lipinski definition) is 4. The lowest BCUT2D eigenvalue weighted by molar-refractivity contribution is -0.139. The SMILES string of the molecule is COC(=O)NC(C(=O)N1CCCC1C(=O)Nc1ccc(-c2ccc3nc(NC(=O)C4CCCN4C(=O)C(NC(=O)OC)C(C)C)ccc3c2)cn1)C(C)C. The number of aromatic nitrogens is 2. The Hall–Kier alpha value is -5.80. The van der Waals surface area contributed by atoms with Gasteiger partial charge >= 0.3 is 12.2 Å². The lowest BCUT2D eigenvalue weighted by Gasteiger charge is -2.30. The van der Waals surface area contributed by atoms with Crippen molar-refractivity contribution < 1.29 is 38.2 Å². The summed E-state index contributed by atoms with van der Waals surface area (Å²) in [6, 6.07) is 9.66. The number of amides is 6. The molecule has 4 atom stereocenters. The van der Waals surface area contributed by atoms with Crippen LogP contribution >= 0.6 is 0 Å². The summed E-state index contributed by atoms with van der Waals surface area (Å²) in [6.07, 6.45) is 2.51. The number of likely N-dealkylation sites (tertiary alicyclic amines) is 2. The number of ether oxygens (including phenoxy) is 2. The van der Waals surface area contributed by atoms with E-state index in [0.717, 1.165) is 16.5 Å². The van der Waals surface area contributed by atoms with E-state index in [0.29, 0.717) is 55.9 Å². The normalized spacial score (nSPS) is 17.9. The van der Waals surface area contributed by atoms with E-state index in [4.69, 9.17) is 0 Å². The van der Waals surface area contributed by atoms with Crippen molar-refractivity contribution in [1.82, 2.24) is 30.4 Å². The molecule has 0 radical (unpaired) electrons. The average Bonchev–Trinajstić information content (AvgIpc) is 3.86. The Morgan fingerprint density at radius 1 is 0.685 bits per heavy atom. The van der Waals surface area contributed by atoms with Gasteiger partial charge in [0.15, 0.2) is 0 Å². The quantitative estimate of drug-likeness (QED) is 0.223. The topological polar surface area (TPSA) is 201 Å². The predicted octanol–water partition coefficient (Wildman–Crippen LogP) is 3.92. The maximum absolute atomic E-state index is 13.4. The maximum Gasteiger partial charge on any atom is 0.407 e. The fourth-order valence-electron chi connectivity index (χ4n) is 6.79. The van der Waals surface area contributed by atoms with Crippen LogP contribution in [0.15, 0.2) is 48.7 Å². The van der Waals surface area contributed by atoms with Crippen molar-refractivity contribution in [3.05, 3.63) is 48.7 Å². The van der Waals surface area contributed by atoms with Crippen molar-refractivity contribution >= 4 is 58.4 Å². The smallest absolute Gasteiger partial charge is 0.407 e. The van der Waals surface area contributed by atoms with E-state index in [-0.39, 0.29) is 35.5 Å². The molecule has 6 amide bonds. The van der Waals surface area contributed by atoms with Crippen molar-refractivity contribution in [3.63, 3.8) is 0 Å². The second kappa shape index (κ2) is 17.4. The molecule has 2 aromatic heterocycles. The van der Waals surface area contributed by atoms with Crippen LogP contribution in [0, 0.1) is 11.8 Å². The molecular weight excluding hydrogens is 696 g/mol. The van der Waals surface area contributed by atoms with Gasteiger partial charge in [-0.25, -0.2) is 19.6 Å². The Morgan fingerprint density at radius 3 is 1.67 bits per heavy atom. The van der Waals surface area contributed by atoms with Crippen LogP contribution in [0.4, 0.5) is 21.2 Å². The highest BCUT2D eigenvalue weighted by atomic mass is 16.5. The van der Waals surface area contributed by atoms with Gasteiger partial charge in [0.25, 0.3) is 0 Å². The van der Waals surface area contributed by atoms with Gasteiger partial charge in [-0.05, 0) is 79.5 Å². The van der Waals surface area contributed by atoms with Gasteiger partial charge in [0.05, 0.1) is 19.7 Å². The lowest BCUT2D eigenvalue weighted by Crippen LogP contribution is -2.54. The fourth-order valence-corrected chi connectivity index (χ4v) is 6.79. The first kappa shape index (κ1) is 39.4. The summed E-state index contributed by atoms with van der Waals surface area (Å²) in [7, 11) is 2.46. The number of hydrogen-bond acceptors (Lipinski definition) is 10. The van der Waals surface area contributed by atoms with Crippen LogP contribution in [-0.2, 0) is 28.7 Å². The van der Waals surface area contributed by atoms with Crippen LogP contribution in [0.2, 0.25) is 0 Å². The number of methoxy groups -OCH3 is 2. The number of carbonyl (C=O) groups excluding carboxylic acids is 6. The third-order valence-corrected chi connectivity index (χ3v) is 9.75. The summed E-state index contributed by atoms with van der Waals surface area (Å²) in [5, 5.41) is 11.7. The number of pyridine rings is 2. The molecule has 288 valence electrons. The molecular formula is C38H48N8O8. The average molecular weight is 745 g/mol. The zero-order valence-electron chi connectivity index (χ0n) is 31.4. The zero-order valence-corrected chi connectivity index (χ0v) is 31.4. The molecule has 1 aromatic carbocycles. The van der Waals surface area contributed by atoms with Gasteiger partial charge in [-0.1, -0.05) is 33.8 Å². The van der Waals surface area contributed by atoms with Gasteiger partial charge in [0.2, 0.25) is 23.6 Å². The summed E-state index contributed by atoms with van der Waals surface area (Å²) >= 11 is 0. The van der Waals surface area contributed by atoms with E-state index in [2.05, 4.69) is 40.7 Å². The highest BCUT2D eigenvalue weighted by molar-refractivity contribution is 6.00. The van der Waals surface area contributed by atoms with Gasteiger partial charge in [-0.15, -0.1) is 0 Å². The van der Waals surface area contributed by atoms with Crippen LogP contribution < -0.4 is 21.3 Å². The molecule has 0 bridgehead atoms. The van der Waals surface area contributed by atoms with E-state index in [9.17, 15) is 28.8 Å². The number of rotatable bonds is 11. The number of nitrogens with zero attached hydrogens (tertiary/aromatic N) is 4. The van der Waals surface area contributed by atoms with Crippen molar-refractivity contribution in [3.8, 4) is 11.1 Å². The minimum atomic E-state index is -0.828. The van der Waals surface area contributed by atoms with Crippen molar-refractivity contribution in [2.75, 3.05) is 37.9 Å². The Kier molecular flexibility index (Phi) is 12.7. The highest BCUT2D eigenvalue weighted by Crippen LogP contribution is 2.27. The van der Waals surface area contributed by atoms with Gasteiger partial charge < -0.3 is 40.5 Å². The Labute approximate surface area is 313 Å². The number of alkyl carbamates (subject to hydrolysis) is 2. The molecule has 4 N–H and O–H groups in total. The number of nitrogens with one attached hydrogen (secondary N) is 4. The lowest BCUT2D eigenvalue weighted by atomic mass is 10.0. The Balaban J connectivity index is 1.21. The van der Waals surface area contributed by atoms with E-state index < -0.39 is 36.4 Å². The standard InChI is InChI=1S/C38H48N8O8/c1-21(2)31(43-37(51)53-5)35(49)45-17-7-9-27(45)33(47)41-29-15-13-25(20-39-29)23-11-14-26-24(19-23)12-16-30(40-26)42-34(48)28-10-8-18-46(28)36(50)32(22(3)4)44-38(52)54-6/h11-16,19-22,27-28,31-32H,7-10,17-18H2,1-6H3,(H,43,51)(H,44,52)(H,39,41,47)(H,40,42,48). The molecule has 4 heterocycles. The van der Waals surface area contributed by atoms with Gasteiger partial charge in [0.1, 0.15) is 35.8 Å². The van der Waals surface area contributed by atoms with Crippen LogP contribution in [0.3, 0.4) is 0 Å². The number of fused-ring (bicyclic) bond motifs is 1. The minimum absolute atomic E-state index is 0.210. The molecule has 54 heavy (non-hydrogen) atoms. The second-order valence-corrected chi connectivity index (χ2v) is 14.1. The molecule has 2 aliphatic heterocycles. The van der Waals surface area contributed by atoms with Crippen LogP contribution in [0.5, 0.6) is 0 Å². The molecule has 2 aliphatic rings. The monoisotopic (exact) mass is 744 g/mol. The first-order valence-electron chi connectivity index (χ1n) is 18.1. The predicted molar refractivity (Wildman–Crippen MR) is 200 cm³/mol. The van der Waals surface area contributed by atoms with Crippen LogP contribution in [0.1, 0.15) is 53.4 Å². The van der Waals surface area contributed by atoms with Gasteiger partial charge in [-0.2, -0.15) is 0 Å². The van der Waals surface area contributed by atoms with E-state index >= 15 is 0 Å². The third kappa shape index (κ3) is 9.04. The molecule has 2 fully saturated rings. The first-order chi connectivity index (χ1) is 25.8. The van der Waals surface area contributed by atoms with Crippen molar-refractivity contribution in [2.24, 2.45) is 11.8 Å². The largest absolute Gasteiger partial charge is 0.453 e. The van der Waals surface area contributed by atoms with E-state index in [1.165, 1.54) is 24.0 Å². The molecule has 0 aliphatic carbocycles. The molecule has 5 rings (SSSR count). The second-order valence-electron chi connectivity index (χ2n) is 14.1. The summed E-state index contributed by atoms with van der Waals surface area (Å²) in [5.41, 5.74) is 2.30. The summed E-state index contributed by atoms with van der Waals surface area (Å²) in [4.78, 5) is 89.1. The molecule has 2 saturated heterocycles. The third-order valence-electron chi connectivity index (χ3n) is 9.75. The molecule has 0 spiro atoms. The number of carbonyl (C=O) groups is 6. The number of anilines is 2. The van der Waals surface area contributed by atoms with Crippen molar-refractivity contribution in [2.45, 2.75) is 77.5 Å². The molecule has 16 nitrogen and oxygen atoms in total. The highest BCUT2D eigenvalue weighted by Gasteiger charge is 2.40. The summed E-state index contributed by atoms with van der Waals surface area (Å²) < 4.78 is 9.36. The summed E-state index contributed by atoms with van der Waals surface area (Å²) in [5.74, 6) is -1.13.